The second-order valence-electron chi connectivity index (χ2n) is 4.93. The molecule has 3 rings (SSSR count). The predicted octanol–water partition coefficient (Wildman–Crippen LogP) is 2.88. The van der Waals surface area contributed by atoms with Gasteiger partial charge in [-0.1, -0.05) is 0 Å². The molecular formula is C13H15BrN4O. The minimum atomic E-state index is -0.0967. The number of nitrogens with zero attached hydrogens (tertiary/aromatic N) is 3. The molecule has 1 aliphatic carbocycles. The molecule has 100 valence electrons. The van der Waals surface area contributed by atoms with Crippen LogP contribution < -0.4 is 5.32 Å². The van der Waals surface area contributed by atoms with Gasteiger partial charge in [-0.15, -0.1) is 0 Å². The normalized spacial score (nSPS) is 14.7. The molecule has 0 aliphatic heterocycles. The van der Waals surface area contributed by atoms with Gasteiger partial charge in [-0.05, 0) is 41.8 Å². The van der Waals surface area contributed by atoms with E-state index < -0.39 is 0 Å². The fourth-order valence-corrected chi connectivity index (χ4v) is 2.63. The minimum absolute atomic E-state index is 0.0967. The van der Waals surface area contributed by atoms with Crippen molar-refractivity contribution in [2.24, 2.45) is 7.05 Å². The van der Waals surface area contributed by atoms with Crippen molar-refractivity contribution in [2.75, 3.05) is 5.32 Å². The Hall–Kier alpha value is -1.56. The lowest BCUT2D eigenvalue weighted by atomic mass is 10.4. The molecule has 1 N–H and O–H groups in total. The van der Waals surface area contributed by atoms with Crippen molar-refractivity contribution in [3.8, 4) is 0 Å². The maximum atomic E-state index is 12.3. The summed E-state index contributed by atoms with van der Waals surface area (Å²) in [6.07, 6.45) is 4.26. The number of carbonyl (C=O) groups excluding carboxylic acids is 1. The van der Waals surface area contributed by atoms with E-state index >= 15 is 0 Å². The van der Waals surface area contributed by atoms with E-state index in [0.717, 1.165) is 23.0 Å². The number of anilines is 1. The van der Waals surface area contributed by atoms with Gasteiger partial charge in [-0.3, -0.25) is 9.48 Å². The summed E-state index contributed by atoms with van der Waals surface area (Å²) in [5.74, 6) is 0.614. The summed E-state index contributed by atoms with van der Waals surface area (Å²) in [5, 5.41) is 7.12. The number of aromatic nitrogens is 3. The standard InChI is InChI=1S/C13H15BrN4O/c1-8-5-12(17(2)16-8)15-13(19)11-6-9(14)7-18(11)10-3-4-10/h5-7,10H,3-4H2,1-2H3,(H,15,19). The van der Waals surface area contributed by atoms with Gasteiger partial charge in [0.25, 0.3) is 5.91 Å². The molecule has 1 amide bonds. The molecule has 2 aromatic heterocycles. The fourth-order valence-electron chi connectivity index (χ4n) is 2.19. The molecule has 0 unspecified atom stereocenters. The molecule has 0 bridgehead atoms. The van der Waals surface area contributed by atoms with Crippen molar-refractivity contribution >= 4 is 27.7 Å². The van der Waals surface area contributed by atoms with E-state index in [2.05, 4.69) is 26.3 Å². The number of halogens is 1. The maximum Gasteiger partial charge on any atom is 0.273 e. The van der Waals surface area contributed by atoms with E-state index in [4.69, 9.17) is 0 Å². The van der Waals surface area contributed by atoms with Crippen LogP contribution in [0.1, 0.15) is 35.1 Å². The average Bonchev–Trinajstić information content (AvgIpc) is 3.04. The van der Waals surface area contributed by atoms with Gasteiger partial charge in [0.05, 0.1) is 5.69 Å². The first-order valence-electron chi connectivity index (χ1n) is 6.24. The van der Waals surface area contributed by atoms with Crippen molar-refractivity contribution in [1.82, 2.24) is 14.3 Å². The summed E-state index contributed by atoms with van der Waals surface area (Å²) >= 11 is 3.43. The first kappa shape index (κ1) is 12.5. The Morgan fingerprint density at radius 2 is 2.21 bits per heavy atom. The van der Waals surface area contributed by atoms with Crippen LogP contribution in [0, 0.1) is 6.92 Å². The summed E-state index contributed by atoms with van der Waals surface area (Å²) in [6, 6.07) is 4.19. The van der Waals surface area contributed by atoms with Crippen LogP contribution >= 0.6 is 15.9 Å². The van der Waals surface area contributed by atoms with Crippen LogP contribution in [0.4, 0.5) is 5.82 Å². The van der Waals surface area contributed by atoms with Crippen molar-refractivity contribution in [1.29, 1.82) is 0 Å². The largest absolute Gasteiger partial charge is 0.339 e. The van der Waals surface area contributed by atoms with E-state index in [1.165, 1.54) is 0 Å². The predicted molar refractivity (Wildman–Crippen MR) is 76.3 cm³/mol. The van der Waals surface area contributed by atoms with Gasteiger partial charge in [0.15, 0.2) is 0 Å². The van der Waals surface area contributed by atoms with E-state index in [1.54, 1.807) is 4.68 Å². The fraction of sp³-hybridized carbons (Fsp3) is 0.385. The van der Waals surface area contributed by atoms with Gasteiger partial charge in [0.2, 0.25) is 0 Å². The van der Waals surface area contributed by atoms with E-state index in [0.29, 0.717) is 17.6 Å². The number of hydrogen-bond acceptors (Lipinski definition) is 2. The van der Waals surface area contributed by atoms with Crippen LogP contribution in [0.2, 0.25) is 0 Å². The molecule has 1 fully saturated rings. The van der Waals surface area contributed by atoms with Gasteiger partial charge in [0.1, 0.15) is 11.5 Å². The summed E-state index contributed by atoms with van der Waals surface area (Å²) in [7, 11) is 1.82. The van der Waals surface area contributed by atoms with E-state index in [-0.39, 0.29) is 5.91 Å². The highest BCUT2D eigenvalue weighted by molar-refractivity contribution is 9.10. The van der Waals surface area contributed by atoms with Crippen LogP contribution in [0.25, 0.3) is 0 Å². The monoisotopic (exact) mass is 322 g/mol. The van der Waals surface area contributed by atoms with Gasteiger partial charge in [-0.2, -0.15) is 5.10 Å². The van der Waals surface area contributed by atoms with Crippen LogP contribution in [0.5, 0.6) is 0 Å². The lowest BCUT2D eigenvalue weighted by molar-refractivity contribution is 0.101. The summed E-state index contributed by atoms with van der Waals surface area (Å²) < 4.78 is 4.65. The topological polar surface area (TPSA) is 51.9 Å². The summed E-state index contributed by atoms with van der Waals surface area (Å²) in [4.78, 5) is 12.3. The second-order valence-corrected chi connectivity index (χ2v) is 5.85. The second kappa shape index (κ2) is 4.52. The molecule has 2 heterocycles. The van der Waals surface area contributed by atoms with Gasteiger partial charge >= 0.3 is 0 Å². The Bertz CT molecular complexity index is 639. The van der Waals surface area contributed by atoms with Gasteiger partial charge in [-0.25, -0.2) is 0 Å². The number of nitrogens with one attached hydrogen (secondary N) is 1. The van der Waals surface area contributed by atoms with Crippen LogP contribution in [0.15, 0.2) is 22.8 Å². The highest BCUT2D eigenvalue weighted by Gasteiger charge is 2.28. The number of rotatable bonds is 3. The summed E-state index contributed by atoms with van der Waals surface area (Å²) in [5.41, 5.74) is 1.57. The smallest absolute Gasteiger partial charge is 0.273 e. The number of hydrogen-bond donors (Lipinski definition) is 1. The lowest BCUT2D eigenvalue weighted by Gasteiger charge is -2.08. The van der Waals surface area contributed by atoms with Crippen molar-refractivity contribution < 1.29 is 4.79 Å². The van der Waals surface area contributed by atoms with E-state index in [1.807, 2.05) is 36.9 Å². The Morgan fingerprint density at radius 3 is 2.79 bits per heavy atom. The van der Waals surface area contributed by atoms with Gasteiger partial charge in [0, 0.05) is 29.8 Å². The molecule has 1 saturated carbocycles. The molecule has 2 aromatic rings. The van der Waals surface area contributed by atoms with Crippen LogP contribution in [-0.2, 0) is 7.05 Å². The molecule has 19 heavy (non-hydrogen) atoms. The third kappa shape index (κ3) is 2.45. The summed E-state index contributed by atoms with van der Waals surface area (Å²) in [6.45, 7) is 1.90. The highest BCUT2D eigenvalue weighted by Crippen LogP contribution is 2.37. The van der Waals surface area contributed by atoms with Crippen LogP contribution in [-0.4, -0.2) is 20.3 Å². The molecule has 0 aromatic carbocycles. The highest BCUT2D eigenvalue weighted by atomic mass is 79.9. The molecule has 0 spiro atoms. The zero-order valence-electron chi connectivity index (χ0n) is 10.9. The van der Waals surface area contributed by atoms with Gasteiger partial charge < -0.3 is 9.88 Å². The zero-order chi connectivity index (χ0) is 13.6. The third-order valence-corrected chi connectivity index (χ3v) is 3.67. The Kier molecular flexibility index (Phi) is 2.97. The first-order chi connectivity index (χ1) is 9.04. The molecule has 1 aliphatic rings. The molecule has 0 saturated heterocycles. The third-order valence-electron chi connectivity index (χ3n) is 3.23. The molecule has 6 heteroatoms. The first-order valence-corrected chi connectivity index (χ1v) is 7.03. The zero-order valence-corrected chi connectivity index (χ0v) is 12.4. The molecular weight excluding hydrogens is 308 g/mol. The maximum absolute atomic E-state index is 12.3. The average molecular weight is 323 g/mol. The Morgan fingerprint density at radius 1 is 1.47 bits per heavy atom. The Balaban J connectivity index is 1.86. The number of carbonyl (C=O) groups is 1. The molecule has 5 nitrogen and oxygen atoms in total. The quantitative estimate of drug-likeness (QED) is 0.944. The van der Waals surface area contributed by atoms with Crippen molar-refractivity contribution in [3.05, 3.63) is 34.2 Å². The van der Waals surface area contributed by atoms with Crippen molar-refractivity contribution in [2.45, 2.75) is 25.8 Å². The van der Waals surface area contributed by atoms with Crippen molar-refractivity contribution in [3.63, 3.8) is 0 Å². The Labute approximate surface area is 119 Å². The SMILES string of the molecule is Cc1cc(NC(=O)c2cc(Br)cn2C2CC2)n(C)n1. The number of amides is 1. The van der Waals surface area contributed by atoms with Crippen LogP contribution in [0.3, 0.4) is 0 Å². The molecule has 0 radical (unpaired) electrons. The number of aryl methyl sites for hydroxylation is 2. The minimum Gasteiger partial charge on any atom is -0.339 e. The van der Waals surface area contributed by atoms with E-state index in [9.17, 15) is 4.79 Å². The molecule has 0 atom stereocenters. The lowest BCUT2D eigenvalue weighted by Crippen LogP contribution is -2.18.